The van der Waals surface area contributed by atoms with E-state index in [1.165, 1.54) is 0 Å². The molecule has 0 bridgehead atoms. The average Bonchev–Trinajstić information content (AvgIpc) is 2.46. The molecule has 5 heteroatoms. The van der Waals surface area contributed by atoms with E-state index in [9.17, 15) is 0 Å². The molecule has 0 amide bonds. The van der Waals surface area contributed by atoms with Crippen molar-refractivity contribution >= 4 is 32.4 Å². The van der Waals surface area contributed by atoms with Crippen molar-refractivity contribution in [2.75, 3.05) is 24.7 Å². The predicted molar refractivity (Wildman–Crippen MR) is 62.1 cm³/mol. The molecule has 2 heterocycles. The molecule has 0 spiro atoms. The molecule has 0 saturated carbocycles. The monoisotopic (exact) mass is 276 g/mol. The number of nitrogens with zero attached hydrogens (tertiary/aromatic N) is 2. The van der Waals surface area contributed by atoms with E-state index in [2.05, 4.69) is 32.7 Å². The quantitative estimate of drug-likeness (QED) is 0.788. The van der Waals surface area contributed by atoms with Gasteiger partial charge in [0.15, 0.2) is 5.13 Å². The Labute approximate surface area is 96.2 Å². The third-order valence-electron chi connectivity index (χ3n) is 2.29. The molecule has 0 radical (unpaired) electrons. The Morgan fingerprint density at radius 3 is 3.29 bits per heavy atom. The highest BCUT2D eigenvalue weighted by molar-refractivity contribution is 9.10. The Morgan fingerprint density at radius 1 is 1.71 bits per heavy atom. The lowest BCUT2D eigenvalue weighted by Gasteiger charge is -2.25. The lowest BCUT2D eigenvalue weighted by atomic mass is 10.3. The number of hydrogen-bond acceptors (Lipinski definition) is 4. The number of aromatic nitrogens is 1. The van der Waals surface area contributed by atoms with Crippen molar-refractivity contribution in [1.29, 1.82) is 0 Å². The zero-order chi connectivity index (χ0) is 9.97. The number of thiazole rings is 1. The smallest absolute Gasteiger partial charge is 0.186 e. The summed E-state index contributed by atoms with van der Waals surface area (Å²) in [5.74, 6) is 0. The summed E-state index contributed by atoms with van der Waals surface area (Å²) in [4.78, 5) is 6.75. The molecule has 1 aromatic heterocycles. The van der Waals surface area contributed by atoms with Crippen LogP contribution in [0, 0.1) is 0 Å². The Balaban J connectivity index is 2.14. The molecule has 0 aliphatic carbocycles. The minimum absolute atomic E-state index is 0.426. The predicted octanol–water partition coefficient (Wildman–Crippen LogP) is 2.52. The van der Waals surface area contributed by atoms with Crippen LogP contribution >= 0.6 is 27.3 Å². The minimum atomic E-state index is 0.426. The van der Waals surface area contributed by atoms with E-state index in [1.807, 2.05) is 5.38 Å². The van der Waals surface area contributed by atoms with Crippen LogP contribution in [0.15, 0.2) is 9.98 Å². The van der Waals surface area contributed by atoms with Crippen LogP contribution in [-0.4, -0.2) is 30.8 Å². The van der Waals surface area contributed by atoms with Gasteiger partial charge in [0.25, 0.3) is 0 Å². The summed E-state index contributed by atoms with van der Waals surface area (Å²) in [5, 5.41) is 3.11. The molecule has 14 heavy (non-hydrogen) atoms. The van der Waals surface area contributed by atoms with Crippen LogP contribution in [0.2, 0.25) is 0 Å². The zero-order valence-corrected chi connectivity index (χ0v) is 10.5. The molecule has 1 saturated heterocycles. The maximum absolute atomic E-state index is 5.49. The summed E-state index contributed by atoms with van der Waals surface area (Å²) in [6.07, 6.45) is 1.08. The fraction of sp³-hybridized carbons (Fsp3) is 0.667. The van der Waals surface area contributed by atoms with Gasteiger partial charge in [0, 0.05) is 18.5 Å². The third-order valence-corrected chi connectivity index (χ3v) is 3.88. The lowest BCUT2D eigenvalue weighted by molar-refractivity contribution is 0.137. The van der Waals surface area contributed by atoms with Crippen molar-refractivity contribution in [2.24, 2.45) is 0 Å². The van der Waals surface area contributed by atoms with Crippen molar-refractivity contribution < 1.29 is 4.74 Å². The Morgan fingerprint density at radius 2 is 2.57 bits per heavy atom. The Bertz CT molecular complexity index is 305. The highest BCUT2D eigenvalue weighted by atomic mass is 79.9. The molecule has 0 N–H and O–H groups in total. The van der Waals surface area contributed by atoms with Crippen LogP contribution in [0.1, 0.15) is 13.3 Å². The SMILES string of the molecule is CC1COCCCN1c1nc(Br)cs1. The molecule has 78 valence electrons. The first kappa shape index (κ1) is 10.4. The normalized spacial score (nSPS) is 23.6. The van der Waals surface area contributed by atoms with E-state index in [1.54, 1.807) is 11.3 Å². The highest BCUT2D eigenvalue weighted by Crippen LogP contribution is 2.26. The number of hydrogen-bond donors (Lipinski definition) is 0. The van der Waals surface area contributed by atoms with Crippen molar-refractivity contribution in [3.63, 3.8) is 0 Å². The van der Waals surface area contributed by atoms with Gasteiger partial charge in [0.1, 0.15) is 4.60 Å². The van der Waals surface area contributed by atoms with Gasteiger partial charge in [-0.3, -0.25) is 0 Å². The molecule has 1 atom stereocenters. The maximum Gasteiger partial charge on any atom is 0.186 e. The van der Waals surface area contributed by atoms with Crippen LogP contribution in [0.3, 0.4) is 0 Å². The van der Waals surface area contributed by atoms with Crippen molar-refractivity contribution in [2.45, 2.75) is 19.4 Å². The largest absolute Gasteiger partial charge is 0.379 e. The van der Waals surface area contributed by atoms with E-state index < -0.39 is 0 Å². The number of rotatable bonds is 1. The fourth-order valence-electron chi connectivity index (χ4n) is 1.56. The van der Waals surface area contributed by atoms with Crippen LogP contribution < -0.4 is 4.90 Å². The topological polar surface area (TPSA) is 25.4 Å². The van der Waals surface area contributed by atoms with Gasteiger partial charge in [0.2, 0.25) is 0 Å². The molecule has 1 fully saturated rings. The molecule has 1 aliphatic rings. The second kappa shape index (κ2) is 4.59. The van der Waals surface area contributed by atoms with E-state index >= 15 is 0 Å². The molecule has 3 nitrogen and oxygen atoms in total. The molecular weight excluding hydrogens is 264 g/mol. The van der Waals surface area contributed by atoms with Gasteiger partial charge in [-0.2, -0.15) is 0 Å². The van der Waals surface area contributed by atoms with Gasteiger partial charge in [-0.1, -0.05) is 0 Å². The van der Waals surface area contributed by atoms with E-state index in [4.69, 9.17) is 4.74 Å². The summed E-state index contributed by atoms with van der Waals surface area (Å²) in [6, 6.07) is 0.426. The van der Waals surface area contributed by atoms with E-state index in [0.29, 0.717) is 6.04 Å². The molecular formula is C9H13BrN2OS. The van der Waals surface area contributed by atoms with E-state index in [-0.39, 0.29) is 0 Å². The Hall–Kier alpha value is -0.130. The zero-order valence-electron chi connectivity index (χ0n) is 8.07. The third kappa shape index (κ3) is 2.27. The van der Waals surface area contributed by atoms with Gasteiger partial charge in [-0.05, 0) is 29.3 Å². The van der Waals surface area contributed by atoms with Gasteiger partial charge in [-0.15, -0.1) is 11.3 Å². The highest BCUT2D eigenvalue weighted by Gasteiger charge is 2.19. The number of halogens is 1. The van der Waals surface area contributed by atoms with Crippen molar-refractivity contribution in [1.82, 2.24) is 4.98 Å². The first-order chi connectivity index (χ1) is 6.77. The van der Waals surface area contributed by atoms with E-state index in [0.717, 1.165) is 35.9 Å². The second-order valence-corrected chi connectivity index (χ2v) is 5.07. The first-order valence-corrected chi connectivity index (χ1v) is 6.40. The van der Waals surface area contributed by atoms with Crippen LogP contribution in [0.5, 0.6) is 0 Å². The van der Waals surface area contributed by atoms with Gasteiger partial charge < -0.3 is 9.64 Å². The second-order valence-electron chi connectivity index (χ2n) is 3.42. The lowest BCUT2D eigenvalue weighted by Crippen LogP contribution is -2.34. The fourth-order valence-corrected chi connectivity index (χ4v) is 2.94. The number of ether oxygens (including phenoxy) is 1. The van der Waals surface area contributed by atoms with Gasteiger partial charge >= 0.3 is 0 Å². The molecule has 1 aromatic rings. The summed E-state index contributed by atoms with van der Waals surface area (Å²) in [6.45, 7) is 4.90. The molecule has 1 unspecified atom stereocenters. The minimum Gasteiger partial charge on any atom is -0.379 e. The van der Waals surface area contributed by atoms with Gasteiger partial charge in [-0.25, -0.2) is 4.98 Å². The molecule has 0 aromatic carbocycles. The summed E-state index contributed by atoms with van der Waals surface area (Å²) < 4.78 is 6.41. The maximum atomic E-state index is 5.49. The summed E-state index contributed by atoms with van der Waals surface area (Å²) >= 11 is 5.06. The number of anilines is 1. The van der Waals surface area contributed by atoms with Crippen LogP contribution in [0.4, 0.5) is 5.13 Å². The first-order valence-electron chi connectivity index (χ1n) is 4.73. The standard InChI is InChI=1S/C9H13BrN2OS/c1-7-5-13-4-2-3-12(7)9-11-8(10)6-14-9/h6-7H,2-5H2,1H3. The van der Waals surface area contributed by atoms with Crippen LogP contribution in [0.25, 0.3) is 0 Å². The Kier molecular flexibility index (Phi) is 3.41. The summed E-state index contributed by atoms with van der Waals surface area (Å²) in [5.41, 5.74) is 0. The molecule has 2 rings (SSSR count). The van der Waals surface area contributed by atoms with Gasteiger partial charge in [0.05, 0.1) is 12.6 Å². The van der Waals surface area contributed by atoms with Crippen molar-refractivity contribution in [3.05, 3.63) is 9.98 Å². The molecule has 1 aliphatic heterocycles. The summed E-state index contributed by atoms with van der Waals surface area (Å²) in [7, 11) is 0. The average molecular weight is 277 g/mol. The van der Waals surface area contributed by atoms with Crippen molar-refractivity contribution in [3.8, 4) is 0 Å². The van der Waals surface area contributed by atoms with Crippen LogP contribution in [-0.2, 0) is 4.74 Å².